The van der Waals surface area contributed by atoms with Crippen LogP contribution in [0.15, 0.2) is 28.7 Å². The lowest BCUT2D eigenvalue weighted by atomic mass is 10.1. The topological polar surface area (TPSA) is 35.8 Å². The lowest BCUT2D eigenvalue weighted by Crippen LogP contribution is -2.11. The Morgan fingerprint density at radius 3 is 2.50 bits per heavy atom. The minimum absolute atomic E-state index is 0.0862. The molecular formula is C9H9BrN2. The van der Waals surface area contributed by atoms with Crippen LogP contribution in [-0.2, 0) is 0 Å². The molecule has 0 aliphatic carbocycles. The van der Waals surface area contributed by atoms with Crippen molar-refractivity contribution in [3.63, 3.8) is 0 Å². The lowest BCUT2D eigenvalue weighted by Gasteiger charge is -2.08. The average molecular weight is 225 g/mol. The van der Waals surface area contributed by atoms with Crippen molar-refractivity contribution < 1.29 is 0 Å². The summed E-state index contributed by atoms with van der Waals surface area (Å²) in [7, 11) is 0. The maximum atomic E-state index is 8.38. The van der Waals surface area contributed by atoms with E-state index in [2.05, 4.69) is 21.2 Å². The SMILES string of the molecule is C[C@H](NC#N)c1ccc(Br)cc1. The largest absolute Gasteiger partial charge is 0.317 e. The summed E-state index contributed by atoms with van der Waals surface area (Å²) in [6.45, 7) is 1.95. The van der Waals surface area contributed by atoms with Crippen LogP contribution in [0.4, 0.5) is 0 Å². The third-order valence-electron chi connectivity index (χ3n) is 1.65. The second-order valence-corrected chi connectivity index (χ2v) is 3.45. The summed E-state index contributed by atoms with van der Waals surface area (Å²) in [5, 5.41) is 11.1. The Bertz CT molecular complexity index is 286. The van der Waals surface area contributed by atoms with Crippen molar-refractivity contribution in [2.24, 2.45) is 0 Å². The summed E-state index contributed by atoms with van der Waals surface area (Å²) >= 11 is 3.35. The molecule has 0 fully saturated rings. The molecule has 0 radical (unpaired) electrons. The van der Waals surface area contributed by atoms with Crippen molar-refractivity contribution in [1.29, 1.82) is 5.26 Å². The van der Waals surface area contributed by atoms with E-state index in [1.807, 2.05) is 37.4 Å². The maximum absolute atomic E-state index is 8.38. The highest BCUT2D eigenvalue weighted by Gasteiger charge is 2.01. The fourth-order valence-electron chi connectivity index (χ4n) is 0.932. The molecule has 0 saturated carbocycles. The van der Waals surface area contributed by atoms with Crippen LogP contribution in [0, 0.1) is 11.5 Å². The number of nitrogens with zero attached hydrogens (tertiary/aromatic N) is 1. The molecule has 12 heavy (non-hydrogen) atoms. The van der Waals surface area contributed by atoms with Crippen molar-refractivity contribution in [2.75, 3.05) is 0 Å². The van der Waals surface area contributed by atoms with Crippen LogP contribution in [0.3, 0.4) is 0 Å². The Hall–Kier alpha value is -1.01. The third-order valence-corrected chi connectivity index (χ3v) is 2.18. The highest BCUT2D eigenvalue weighted by molar-refractivity contribution is 9.10. The fourth-order valence-corrected chi connectivity index (χ4v) is 1.20. The van der Waals surface area contributed by atoms with Gasteiger partial charge in [-0.3, -0.25) is 0 Å². The van der Waals surface area contributed by atoms with Gasteiger partial charge < -0.3 is 5.32 Å². The average Bonchev–Trinajstić information content (AvgIpc) is 2.06. The minimum Gasteiger partial charge on any atom is -0.317 e. The van der Waals surface area contributed by atoms with Gasteiger partial charge in [0.2, 0.25) is 0 Å². The van der Waals surface area contributed by atoms with Gasteiger partial charge in [0.15, 0.2) is 6.19 Å². The van der Waals surface area contributed by atoms with Gasteiger partial charge in [0.25, 0.3) is 0 Å². The Morgan fingerprint density at radius 1 is 1.42 bits per heavy atom. The molecule has 0 amide bonds. The van der Waals surface area contributed by atoms with Crippen molar-refractivity contribution in [1.82, 2.24) is 5.32 Å². The molecular weight excluding hydrogens is 216 g/mol. The Kier molecular flexibility index (Phi) is 3.12. The summed E-state index contributed by atoms with van der Waals surface area (Å²) in [4.78, 5) is 0. The highest BCUT2D eigenvalue weighted by atomic mass is 79.9. The van der Waals surface area contributed by atoms with Crippen molar-refractivity contribution in [3.05, 3.63) is 34.3 Å². The number of nitrogens with one attached hydrogen (secondary N) is 1. The Balaban J connectivity index is 2.76. The molecule has 3 heteroatoms. The number of halogens is 1. The molecule has 0 spiro atoms. The zero-order chi connectivity index (χ0) is 8.97. The molecule has 0 aliphatic rings. The lowest BCUT2D eigenvalue weighted by molar-refractivity contribution is 0.697. The van der Waals surface area contributed by atoms with E-state index in [9.17, 15) is 0 Å². The van der Waals surface area contributed by atoms with Crippen LogP contribution in [-0.4, -0.2) is 0 Å². The fraction of sp³-hybridized carbons (Fsp3) is 0.222. The van der Waals surface area contributed by atoms with E-state index in [1.54, 1.807) is 0 Å². The zero-order valence-corrected chi connectivity index (χ0v) is 8.30. The van der Waals surface area contributed by atoms with E-state index >= 15 is 0 Å². The highest BCUT2D eigenvalue weighted by Crippen LogP contribution is 2.15. The number of hydrogen-bond donors (Lipinski definition) is 1. The molecule has 0 bridgehead atoms. The van der Waals surface area contributed by atoms with Crippen molar-refractivity contribution >= 4 is 15.9 Å². The van der Waals surface area contributed by atoms with Gasteiger partial charge in [-0.2, -0.15) is 5.26 Å². The predicted octanol–water partition coefficient (Wildman–Crippen LogP) is 2.58. The molecule has 1 N–H and O–H groups in total. The molecule has 1 aromatic carbocycles. The molecule has 1 rings (SSSR count). The first kappa shape index (κ1) is 9.08. The van der Waals surface area contributed by atoms with Gasteiger partial charge in [0.05, 0.1) is 6.04 Å². The van der Waals surface area contributed by atoms with Crippen molar-refractivity contribution in [2.45, 2.75) is 13.0 Å². The number of benzene rings is 1. The quantitative estimate of drug-likeness (QED) is 0.620. The van der Waals surface area contributed by atoms with Gasteiger partial charge in [0, 0.05) is 4.47 Å². The monoisotopic (exact) mass is 224 g/mol. The van der Waals surface area contributed by atoms with Gasteiger partial charge in [0.1, 0.15) is 0 Å². The van der Waals surface area contributed by atoms with Gasteiger partial charge in [-0.25, -0.2) is 0 Å². The summed E-state index contributed by atoms with van der Waals surface area (Å²) < 4.78 is 1.05. The summed E-state index contributed by atoms with van der Waals surface area (Å²) in [6, 6.07) is 7.98. The molecule has 62 valence electrons. The molecule has 1 atom stereocenters. The number of hydrogen-bond acceptors (Lipinski definition) is 2. The van der Waals surface area contributed by atoms with E-state index in [1.165, 1.54) is 0 Å². The Morgan fingerprint density at radius 2 is 2.00 bits per heavy atom. The summed E-state index contributed by atoms with van der Waals surface area (Å²) in [5.74, 6) is 0. The van der Waals surface area contributed by atoms with Gasteiger partial charge >= 0.3 is 0 Å². The minimum atomic E-state index is 0.0862. The first-order chi connectivity index (χ1) is 5.74. The van der Waals surface area contributed by atoms with Crippen LogP contribution < -0.4 is 5.32 Å². The Labute approximate surface area is 80.3 Å². The van der Waals surface area contributed by atoms with Gasteiger partial charge in [-0.15, -0.1) is 0 Å². The molecule has 0 unspecified atom stereocenters. The van der Waals surface area contributed by atoms with E-state index < -0.39 is 0 Å². The van der Waals surface area contributed by atoms with E-state index in [4.69, 9.17) is 5.26 Å². The predicted molar refractivity (Wildman–Crippen MR) is 51.3 cm³/mol. The zero-order valence-electron chi connectivity index (χ0n) is 6.71. The van der Waals surface area contributed by atoms with Gasteiger partial charge in [-0.05, 0) is 24.6 Å². The second-order valence-electron chi connectivity index (χ2n) is 2.53. The van der Waals surface area contributed by atoms with Crippen LogP contribution in [0.25, 0.3) is 0 Å². The first-order valence-corrected chi connectivity index (χ1v) is 4.43. The molecule has 0 heterocycles. The summed E-state index contributed by atoms with van der Waals surface area (Å²) in [5.41, 5.74) is 1.11. The maximum Gasteiger partial charge on any atom is 0.177 e. The van der Waals surface area contributed by atoms with Gasteiger partial charge in [-0.1, -0.05) is 28.1 Å². The molecule has 0 aliphatic heterocycles. The molecule has 0 aromatic heterocycles. The second kappa shape index (κ2) is 4.13. The number of nitriles is 1. The van der Waals surface area contributed by atoms with E-state index in [0.717, 1.165) is 10.0 Å². The van der Waals surface area contributed by atoms with Crippen molar-refractivity contribution in [3.8, 4) is 6.19 Å². The molecule has 2 nitrogen and oxygen atoms in total. The standard InChI is InChI=1S/C9H9BrN2/c1-7(12-6-11)8-2-4-9(10)5-3-8/h2-5,7,12H,1H3/t7-/m0/s1. The normalized spacial score (nSPS) is 11.8. The third kappa shape index (κ3) is 2.24. The molecule has 1 aromatic rings. The van der Waals surface area contributed by atoms with E-state index in [-0.39, 0.29) is 6.04 Å². The van der Waals surface area contributed by atoms with E-state index in [0.29, 0.717) is 0 Å². The molecule has 0 saturated heterocycles. The van der Waals surface area contributed by atoms with Crippen LogP contribution in [0.1, 0.15) is 18.5 Å². The van der Waals surface area contributed by atoms with Crippen LogP contribution >= 0.6 is 15.9 Å². The number of rotatable bonds is 2. The smallest absolute Gasteiger partial charge is 0.177 e. The van der Waals surface area contributed by atoms with Crippen LogP contribution in [0.2, 0.25) is 0 Å². The summed E-state index contributed by atoms with van der Waals surface area (Å²) in [6.07, 6.45) is 1.92. The van der Waals surface area contributed by atoms with Crippen LogP contribution in [0.5, 0.6) is 0 Å². The first-order valence-electron chi connectivity index (χ1n) is 3.64.